The van der Waals surface area contributed by atoms with E-state index in [4.69, 9.17) is 19.2 Å². The Bertz CT molecular complexity index is 2040. The first-order chi connectivity index (χ1) is 29.3. The molecule has 0 saturated carbocycles. The monoisotopic (exact) mass is 863 g/mol. The van der Waals surface area contributed by atoms with Crippen LogP contribution >= 0.6 is 0 Å². The molecule has 3 aromatic rings. The van der Waals surface area contributed by atoms with Gasteiger partial charge in [0.15, 0.2) is 23.3 Å². The number of amides is 1. The molecule has 1 atom stereocenters. The van der Waals surface area contributed by atoms with Crippen LogP contribution in [0.5, 0.6) is 5.75 Å². The number of carbonyl (C=O) groups is 3. The third-order valence-electron chi connectivity index (χ3n) is 11.0. The van der Waals surface area contributed by atoms with Gasteiger partial charge in [-0.3, -0.25) is 9.10 Å². The lowest BCUT2D eigenvalue weighted by Gasteiger charge is -2.34. The Balaban J connectivity index is 1.63. The molecule has 0 aliphatic carbocycles. The Kier molecular flexibility index (Phi) is 19.3. The Morgan fingerprint density at radius 3 is 1.89 bits per heavy atom. The van der Waals surface area contributed by atoms with E-state index in [1.807, 2.05) is 39.8 Å². The number of benzene rings is 2. The summed E-state index contributed by atoms with van der Waals surface area (Å²) in [6, 6.07) is 10.2. The SMILES string of the molecule is CCCCCCCCCCCCCCCCCCN1C(C(C(=O)Nc2cc(C(C)(C)C)ccc2OCCC)n2cnc(C(=O)OC)c2C(=O)OC)=Nc2ccccc2S1(=O)=O. The van der Waals surface area contributed by atoms with Gasteiger partial charge in [0.1, 0.15) is 10.6 Å². The zero-order valence-electron chi connectivity index (χ0n) is 37.6. The van der Waals surface area contributed by atoms with Gasteiger partial charge in [0, 0.05) is 6.54 Å². The molecule has 0 spiro atoms. The Morgan fingerprint density at radius 2 is 1.33 bits per heavy atom. The Morgan fingerprint density at radius 1 is 0.754 bits per heavy atom. The fraction of sp³-hybridized carbons (Fsp3) is 0.596. The maximum atomic E-state index is 15.0. The van der Waals surface area contributed by atoms with Crippen LogP contribution in [-0.2, 0) is 29.7 Å². The van der Waals surface area contributed by atoms with E-state index in [2.05, 4.69) is 17.2 Å². The van der Waals surface area contributed by atoms with Gasteiger partial charge in [-0.15, -0.1) is 0 Å². The zero-order chi connectivity index (χ0) is 44.4. The highest BCUT2D eigenvalue weighted by molar-refractivity contribution is 7.90. The van der Waals surface area contributed by atoms with E-state index in [-0.39, 0.29) is 28.4 Å². The van der Waals surface area contributed by atoms with Crippen molar-refractivity contribution in [3.8, 4) is 5.75 Å². The first-order valence-electron chi connectivity index (χ1n) is 22.3. The summed E-state index contributed by atoms with van der Waals surface area (Å²) in [6.07, 6.45) is 20.5. The molecule has 4 rings (SSSR count). The number of para-hydroxylation sites is 1. The highest BCUT2D eigenvalue weighted by Crippen LogP contribution is 2.38. The number of unbranched alkanes of at least 4 members (excludes halogenated alkanes) is 15. The second kappa shape index (κ2) is 24.1. The molecule has 61 heavy (non-hydrogen) atoms. The van der Waals surface area contributed by atoms with Crippen LogP contribution in [-0.4, -0.2) is 73.3 Å². The summed E-state index contributed by atoms with van der Waals surface area (Å²) >= 11 is 0. The first-order valence-corrected chi connectivity index (χ1v) is 23.8. The van der Waals surface area contributed by atoms with Crippen LogP contribution in [0.1, 0.15) is 176 Å². The number of methoxy groups -OCH3 is 2. The van der Waals surface area contributed by atoms with Crippen molar-refractivity contribution in [2.24, 2.45) is 4.99 Å². The van der Waals surface area contributed by atoms with Gasteiger partial charge in [0.05, 0.1) is 38.5 Å². The number of nitrogens with zero attached hydrogens (tertiary/aromatic N) is 4. The van der Waals surface area contributed by atoms with Crippen molar-refractivity contribution >= 4 is 45.1 Å². The molecule has 1 unspecified atom stereocenters. The van der Waals surface area contributed by atoms with Gasteiger partial charge in [-0.2, -0.15) is 0 Å². The minimum Gasteiger partial charge on any atom is -0.491 e. The molecule has 336 valence electrons. The molecule has 1 aliphatic rings. The molecule has 1 aromatic heterocycles. The van der Waals surface area contributed by atoms with Gasteiger partial charge in [-0.25, -0.2) is 28.0 Å². The van der Waals surface area contributed by atoms with Crippen molar-refractivity contribution in [1.29, 1.82) is 0 Å². The van der Waals surface area contributed by atoms with Crippen LogP contribution in [0.25, 0.3) is 0 Å². The summed E-state index contributed by atoms with van der Waals surface area (Å²) in [7, 11) is -1.98. The Hall–Kier alpha value is -4.72. The number of aromatic nitrogens is 2. The number of hydrogen-bond donors (Lipinski definition) is 1. The highest BCUT2D eigenvalue weighted by atomic mass is 32.2. The van der Waals surface area contributed by atoms with E-state index in [0.29, 0.717) is 30.9 Å². The predicted molar refractivity (Wildman–Crippen MR) is 240 cm³/mol. The molecule has 1 aliphatic heterocycles. The average Bonchev–Trinajstić information content (AvgIpc) is 3.67. The van der Waals surface area contributed by atoms with Crippen molar-refractivity contribution in [3.05, 3.63) is 65.7 Å². The lowest BCUT2D eigenvalue weighted by Crippen LogP contribution is -2.48. The van der Waals surface area contributed by atoms with Gasteiger partial charge in [-0.1, -0.05) is 149 Å². The number of sulfonamides is 1. The summed E-state index contributed by atoms with van der Waals surface area (Å²) < 4.78 is 47.5. The number of aliphatic imine (C=N–C) groups is 1. The van der Waals surface area contributed by atoms with Crippen LogP contribution in [0.4, 0.5) is 11.4 Å². The van der Waals surface area contributed by atoms with Crippen molar-refractivity contribution < 1.29 is 37.0 Å². The number of rotatable bonds is 26. The summed E-state index contributed by atoms with van der Waals surface area (Å²) in [5.41, 5.74) is 0.279. The van der Waals surface area contributed by atoms with Crippen LogP contribution in [0, 0.1) is 0 Å². The number of ether oxygens (including phenoxy) is 3. The normalized spacial score (nSPS) is 13.9. The minimum atomic E-state index is -4.25. The van der Waals surface area contributed by atoms with Crippen molar-refractivity contribution in [2.75, 3.05) is 32.7 Å². The molecule has 14 heteroatoms. The summed E-state index contributed by atoms with van der Waals surface area (Å²) in [5, 5.41) is 2.98. The lowest BCUT2D eigenvalue weighted by molar-refractivity contribution is -0.117. The smallest absolute Gasteiger partial charge is 0.359 e. The Labute approximate surface area is 364 Å². The van der Waals surface area contributed by atoms with E-state index < -0.39 is 45.3 Å². The molecule has 0 fully saturated rings. The molecule has 2 heterocycles. The van der Waals surface area contributed by atoms with Crippen LogP contribution in [0.15, 0.2) is 58.7 Å². The zero-order valence-corrected chi connectivity index (χ0v) is 38.4. The molecular weight excluding hydrogens is 795 g/mol. The molecular formula is C47H69N5O8S. The number of hydrogen-bond acceptors (Lipinski definition) is 10. The second-order valence-electron chi connectivity index (χ2n) is 16.9. The fourth-order valence-electron chi connectivity index (χ4n) is 7.53. The molecule has 13 nitrogen and oxygen atoms in total. The highest BCUT2D eigenvalue weighted by Gasteiger charge is 2.43. The van der Waals surface area contributed by atoms with E-state index in [1.165, 1.54) is 76.7 Å². The van der Waals surface area contributed by atoms with Crippen molar-refractivity contribution in [2.45, 2.75) is 160 Å². The molecule has 1 N–H and O–H groups in total. The fourth-order valence-corrected chi connectivity index (χ4v) is 9.15. The van der Waals surface area contributed by atoms with Gasteiger partial charge in [0.25, 0.3) is 15.9 Å². The van der Waals surface area contributed by atoms with E-state index in [9.17, 15) is 18.0 Å². The summed E-state index contributed by atoms with van der Waals surface area (Å²) in [4.78, 5) is 50.4. The maximum Gasteiger partial charge on any atom is 0.359 e. The largest absolute Gasteiger partial charge is 0.491 e. The standard InChI is InChI=1S/C47H69N5O8S/c1-8-10-11-12-13-14-15-16-17-18-19-20-21-22-23-26-31-52-43(49-36-27-24-25-28-39(36)61(52,56)57)42(51-34-48-40(45(54)58-6)41(51)46(55)59-7)44(53)50-37-33-35(47(3,4)5)29-30-38(37)60-32-9-2/h24-25,27-30,33-34,42H,8-23,26,31-32H2,1-7H3,(H,50,53). The number of anilines is 1. The van der Waals surface area contributed by atoms with E-state index >= 15 is 4.79 Å². The van der Waals surface area contributed by atoms with Gasteiger partial charge in [-0.05, 0) is 48.1 Å². The maximum absolute atomic E-state index is 15.0. The van der Waals surface area contributed by atoms with E-state index in [0.717, 1.165) is 60.7 Å². The summed E-state index contributed by atoms with van der Waals surface area (Å²) in [5.74, 6) is -2.44. The van der Waals surface area contributed by atoms with E-state index in [1.54, 1.807) is 24.3 Å². The molecule has 1 amide bonds. The number of amidine groups is 1. The number of imidazole rings is 1. The lowest BCUT2D eigenvalue weighted by atomic mass is 9.87. The van der Waals surface area contributed by atoms with Crippen molar-refractivity contribution in [3.63, 3.8) is 0 Å². The van der Waals surface area contributed by atoms with Crippen LogP contribution < -0.4 is 10.1 Å². The quantitative estimate of drug-likeness (QED) is 0.0612. The first kappa shape index (κ1) is 48.9. The number of nitrogens with one attached hydrogen (secondary N) is 1. The molecule has 0 bridgehead atoms. The topological polar surface area (TPSA) is 158 Å². The van der Waals surface area contributed by atoms with Crippen LogP contribution in [0.2, 0.25) is 0 Å². The summed E-state index contributed by atoms with van der Waals surface area (Å²) in [6.45, 7) is 10.8. The van der Waals surface area contributed by atoms with Gasteiger partial charge < -0.3 is 24.1 Å². The second-order valence-corrected chi connectivity index (χ2v) is 18.7. The molecule has 0 radical (unpaired) electrons. The predicted octanol–water partition coefficient (Wildman–Crippen LogP) is 10.7. The number of fused-ring (bicyclic) bond motifs is 1. The van der Waals surface area contributed by atoms with Crippen LogP contribution in [0.3, 0.4) is 0 Å². The number of esters is 2. The van der Waals surface area contributed by atoms with Gasteiger partial charge >= 0.3 is 11.9 Å². The third-order valence-corrected chi connectivity index (χ3v) is 12.9. The minimum absolute atomic E-state index is 0.00314. The molecule has 0 saturated heterocycles. The van der Waals surface area contributed by atoms with Gasteiger partial charge in [0.2, 0.25) is 0 Å². The van der Waals surface area contributed by atoms with Crippen molar-refractivity contribution in [1.82, 2.24) is 13.9 Å². The average molecular weight is 864 g/mol. The third kappa shape index (κ3) is 13.4. The number of carbonyl (C=O) groups excluding carboxylic acids is 3. The molecule has 2 aromatic carbocycles.